The summed E-state index contributed by atoms with van der Waals surface area (Å²) in [5.41, 5.74) is 1.13. The molecule has 0 spiro atoms. The third-order valence-corrected chi connectivity index (χ3v) is 2.30. The molecule has 4 heteroatoms. The van der Waals surface area contributed by atoms with Gasteiger partial charge in [0.05, 0.1) is 19.3 Å². The smallest absolute Gasteiger partial charge is 0.129 e. The van der Waals surface area contributed by atoms with Crippen LogP contribution in [0.25, 0.3) is 0 Å². The third kappa shape index (κ3) is 2.18. The van der Waals surface area contributed by atoms with Crippen molar-refractivity contribution >= 4 is 11.6 Å². The lowest BCUT2D eigenvalue weighted by Gasteiger charge is -2.23. The highest BCUT2D eigenvalue weighted by Gasteiger charge is 2.14. The lowest BCUT2D eigenvalue weighted by atomic mass is 10.1. The van der Waals surface area contributed by atoms with Crippen LogP contribution in [-0.4, -0.2) is 24.7 Å². The van der Waals surface area contributed by atoms with E-state index in [0.29, 0.717) is 11.8 Å². The van der Waals surface area contributed by atoms with Crippen LogP contribution in [-0.2, 0) is 4.74 Å². The first-order valence-electron chi connectivity index (χ1n) is 4.29. The van der Waals surface area contributed by atoms with Gasteiger partial charge < -0.3 is 10.1 Å². The number of halogens is 1. The molecule has 70 valence electrons. The van der Waals surface area contributed by atoms with Crippen molar-refractivity contribution in [1.29, 1.82) is 0 Å². The number of hydrogen-bond acceptors (Lipinski definition) is 3. The number of aromatic nitrogens is 1. The molecule has 0 aliphatic carbocycles. The molecule has 0 radical (unpaired) electrons. The molecule has 1 N–H and O–H groups in total. The highest BCUT2D eigenvalue weighted by atomic mass is 35.5. The van der Waals surface area contributed by atoms with Gasteiger partial charge in [0.25, 0.3) is 0 Å². The standard InChI is InChI=1S/C9H11ClN2O/c10-9-2-1-7(5-12-9)8-6-13-4-3-11-8/h1-2,5,8,11H,3-4,6H2/t8-/m0/s1. The summed E-state index contributed by atoms with van der Waals surface area (Å²) < 4.78 is 5.34. The van der Waals surface area contributed by atoms with Crippen LogP contribution in [0.4, 0.5) is 0 Å². The maximum absolute atomic E-state index is 5.69. The van der Waals surface area contributed by atoms with Gasteiger partial charge in [-0.15, -0.1) is 0 Å². The van der Waals surface area contributed by atoms with E-state index in [1.165, 1.54) is 0 Å². The van der Waals surface area contributed by atoms with Crippen molar-refractivity contribution in [2.75, 3.05) is 19.8 Å². The maximum Gasteiger partial charge on any atom is 0.129 e. The largest absolute Gasteiger partial charge is 0.378 e. The van der Waals surface area contributed by atoms with Crippen LogP contribution in [0.5, 0.6) is 0 Å². The van der Waals surface area contributed by atoms with Gasteiger partial charge in [0, 0.05) is 12.7 Å². The van der Waals surface area contributed by atoms with Crippen LogP contribution in [0.2, 0.25) is 5.15 Å². The van der Waals surface area contributed by atoms with Gasteiger partial charge in [0.15, 0.2) is 0 Å². The second-order valence-electron chi connectivity index (χ2n) is 3.00. The third-order valence-electron chi connectivity index (χ3n) is 2.07. The van der Waals surface area contributed by atoms with Crippen LogP contribution in [0, 0.1) is 0 Å². The fourth-order valence-corrected chi connectivity index (χ4v) is 1.48. The fourth-order valence-electron chi connectivity index (χ4n) is 1.37. The van der Waals surface area contributed by atoms with Crippen molar-refractivity contribution in [2.24, 2.45) is 0 Å². The van der Waals surface area contributed by atoms with E-state index in [4.69, 9.17) is 16.3 Å². The van der Waals surface area contributed by atoms with Crippen molar-refractivity contribution in [3.8, 4) is 0 Å². The summed E-state index contributed by atoms with van der Waals surface area (Å²) in [5.74, 6) is 0. The Morgan fingerprint density at radius 3 is 3.08 bits per heavy atom. The molecule has 0 amide bonds. The normalized spacial score (nSPS) is 23.0. The van der Waals surface area contributed by atoms with Gasteiger partial charge in [0.1, 0.15) is 5.15 Å². The first-order chi connectivity index (χ1) is 6.36. The van der Waals surface area contributed by atoms with Crippen LogP contribution in [0.3, 0.4) is 0 Å². The highest BCUT2D eigenvalue weighted by molar-refractivity contribution is 6.29. The Hall–Kier alpha value is -0.640. The van der Waals surface area contributed by atoms with Gasteiger partial charge in [-0.05, 0) is 11.6 Å². The molecule has 0 bridgehead atoms. The summed E-state index contributed by atoms with van der Waals surface area (Å²) >= 11 is 5.69. The first kappa shape index (κ1) is 8.94. The molecule has 1 saturated heterocycles. The van der Waals surface area contributed by atoms with E-state index in [1.54, 1.807) is 12.3 Å². The lowest BCUT2D eigenvalue weighted by molar-refractivity contribution is 0.0768. The highest BCUT2D eigenvalue weighted by Crippen LogP contribution is 2.15. The molecular formula is C9H11ClN2O. The molecule has 1 aliphatic rings. The molecular weight excluding hydrogens is 188 g/mol. The van der Waals surface area contributed by atoms with E-state index in [1.807, 2.05) is 6.07 Å². The van der Waals surface area contributed by atoms with Crippen molar-refractivity contribution in [3.05, 3.63) is 29.0 Å². The molecule has 1 atom stereocenters. The van der Waals surface area contributed by atoms with Crippen molar-refractivity contribution < 1.29 is 4.74 Å². The predicted octanol–water partition coefficient (Wildman–Crippen LogP) is 1.40. The monoisotopic (exact) mass is 198 g/mol. The maximum atomic E-state index is 5.69. The summed E-state index contributed by atoms with van der Waals surface area (Å²) in [6.45, 7) is 2.40. The SMILES string of the molecule is Clc1ccc([C@@H]2COCCN2)cn1. The molecule has 13 heavy (non-hydrogen) atoms. The quantitative estimate of drug-likeness (QED) is 0.693. The van der Waals surface area contributed by atoms with E-state index in [-0.39, 0.29) is 6.04 Å². The topological polar surface area (TPSA) is 34.1 Å². The molecule has 1 aromatic heterocycles. The molecule has 0 unspecified atom stereocenters. The zero-order chi connectivity index (χ0) is 9.10. The van der Waals surface area contributed by atoms with Crippen LogP contribution < -0.4 is 5.32 Å². The molecule has 1 aliphatic heterocycles. The van der Waals surface area contributed by atoms with Gasteiger partial charge in [-0.1, -0.05) is 17.7 Å². The van der Waals surface area contributed by atoms with Crippen LogP contribution in [0.15, 0.2) is 18.3 Å². The van der Waals surface area contributed by atoms with Gasteiger partial charge in [-0.25, -0.2) is 4.98 Å². The Morgan fingerprint density at radius 1 is 1.54 bits per heavy atom. The average molecular weight is 199 g/mol. The number of pyridine rings is 1. The number of nitrogens with zero attached hydrogens (tertiary/aromatic N) is 1. The van der Waals surface area contributed by atoms with Crippen LogP contribution >= 0.6 is 11.6 Å². The van der Waals surface area contributed by atoms with Crippen molar-refractivity contribution in [2.45, 2.75) is 6.04 Å². The Kier molecular flexibility index (Phi) is 2.78. The van der Waals surface area contributed by atoms with Crippen LogP contribution in [0.1, 0.15) is 11.6 Å². The zero-order valence-corrected chi connectivity index (χ0v) is 7.92. The second-order valence-corrected chi connectivity index (χ2v) is 3.38. The zero-order valence-electron chi connectivity index (χ0n) is 7.16. The minimum Gasteiger partial charge on any atom is -0.378 e. The Labute approximate surface area is 82.1 Å². The number of morpholine rings is 1. The minimum atomic E-state index is 0.263. The molecule has 0 aromatic carbocycles. The van der Waals surface area contributed by atoms with Gasteiger partial charge >= 0.3 is 0 Å². The average Bonchev–Trinajstić information content (AvgIpc) is 2.20. The predicted molar refractivity (Wildman–Crippen MR) is 50.8 cm³/mol. The van der Waals surface area contributed by atoms with E-state index in [9.17, 15) is 0 Å². The summed E-state index contributed by atoms with van der Waals surface area (Å²) in [7, 11) is 0. The lowest BCUT2D eigenvalue weighted by Crippen LogP contribution is -2.34. The van der Waals surface area contributed by atoms with E-state index in [0.717, 1.165) is 18.7 Å². The van der Waals surface area contributed by atoms with Gasteiger partial charge in [-0.2, -0.15) is 0 Å². The van der Waals surface area contributed by atoms with E-state index >= 15 is 0 Å². The molecule has 1 aromatic rings. The molecule has 2 heterocycles. The van der Waals surface area contributed by atoms with Gasteiger partial charge in [0.2, 0.25) is 0 Å². The summed E-state index contributed by atoms with van der Waals surface area (Å²) in [4.78, 5) is 4.02. The Morgan fingerprint density at radius 2 is 2.46 bits per heavy atom. The van der Waals surface area contributed by atoms with Crippen molar-refractivity contribution in [3.63, 3.8) is 0 Å². The number of nitrogens with one attached hydrogen (secondary N) is 1. The second kappa shape index (κ2) is 4.05. The minimum absolute atomic E-state index is 0.263. The Balaban J connectivity index is 2.10. The summed E-state index contributed by atoms with van der Waals surface area (Å²) in [6.07, 6.45) is 1.79. The number of ether oxygens (including phenoxy) is 1. The van der Waals surface area contributed by atoms with Crippen molar-refractivity contribution in [1.82, 2.24) is 10.3 Å². The summed E-state index contributed by atoms with van der Waals surface area (Å²) in [5, 5.41) is 3.87. The molecule has 1 fully saturated rings. The molecule has 2 rings (SSSR count). The fraction of sp³-hybridized carbons (Fsp3) is 0.444. The van der Waals surface area contributed by atoms with E-state index < -0.39 is 0 Å². The molecule has 0 saturated carbocycles. The number of rotatable bonds is 1. The van der Waals surface area contributed by atoms with Gasteiger partial charge in [-0.3, -0.25) is 0 Å². The van der Waals surface area contributed by atoms with E-state index in [2.05, 4.69) is 10.3 Å². The molecule has 3 nitrogen and oxygen atoms in total. The number of hydrogen-bond donors (Lipinski definition) is 1. The summed E-state index contributed by atoms with van der Waals surface area (Å²) in [6, 6.07) is 4.04. The Bertz CT molecular complexity index is 269. The first-order valence-corrected chi connectivity index (χ1v) is 4.66.